The Labute approximate surface area is 139 Å². The molecule has 1 spiro atoms. The average Bonchev–Trinajstić information content (AvgIpc) is 3.07. The topological polar surface area (TPSA) is 32.7 Å². The summed E-state index contributed by atoms with van der Waals surface area (Å²) >= 11 is 0. The summed E-state index contributed by atoms with van der Waals surface area (Å²) < 4.78 is 5.25. The Morgan fingerprint density at radius 1 is 1.26 bits per heavy atom. The van der Waals surface area contributed by atoms with Gasteiger partial charge in [0.2, 0.25) is 0 Å². The van der Waals surface area contributed by atoms with E-state index < -0.39 is 5.60 Å². The number of nitrogens with zero attached hydrogens (tertiary/aromatic N) is 1. The lowest BCUT2D eigenvalue weighted by molar-refractivity contribution is -0.122. The van der Waals surface area contributed by atoms with Crippen molar-refractivity contribution in [1.82, 2.24) is 4.90 Å². The second kappa shape index (κ2) is 6.19. The maximum atomic E-state index is 11.2. The van der Waals surface area contributed by atoms with Crippen LogP contribution < -0.4 is 4.74 Å². The van der Waals surface area contributed by atoms with Gasteiger partial charge in [0, 0.05) is 24.4 Å². The Morgan fingerprint density at radius 2 is 1.91 bits per heavy atom. The van der Waals surface area contributed by atoms with Crippen molar-refractivity contribution in [3.05, 3.63) is 29.8 Å². The van der Waals surface area contributed by atoms with Gasteiger partial charge in [0.05, 0.1) is 7.11 Å². The second-order valence-electron chi connectivity index (χ2n) is 7.17. The van der Waals surface area contributed by atoms with Crippen LogP contribution in [0.4, 0.5) is 0 Å². The van der Waals surface area contributed by atoms with Gasteiger partial charge in [0.15, 0.2) is 0 Å². The van der Waals surface area contributed by atoms with Crippen molar-refractivity contribution in [1.29, 1.82) is 0 Å². The molecule has 23 heavy (non-hydrogen) atoms. The highest BCUT2D eigenvalue weighted by molar-refractivity contribution is 5.30. The molecule has 3 rings (SSSR count). The SMILES string of the molecule is C#CC1(O)CCN(C)C(Cc2ccc(OC)cc2)C12CCCC2. The molecule has 1 saturated heterocycles. The van der Waals surface area contributed by atoms with E-state index >= 15 is 0 Å². The number of likely N-dealkylation sites (tertiary alicyclic amines) is 1. The van der Waals surface area contributed by atoms with E-state index in [2.05, 4.69) is 30.0 Å². The molecule has 124 valence electrons. The third kappa shape index (κ3) is 2.65. The van der Waals surface area contributed by atoms with Gasteiger partial charge in [-0.1, -0.05) is 30.9 Å². The van der Waals surface area contributed by atoms with Crippen molar-refractivity contribution in [2.75, 3.05) is 20.7 Å². The smallest absolute Gasteiger partial charge is 0.133 e. The summed E-state index contributed by atoms with van der Waals surface area (Å²) in [4.78, 5) is 2.40. The van der Waals surface area contributed by atoms with Crippen LogP contribution in [-0.4, -0.2) is 42.4 Å². The monoisotopic (exact) mass is 313 g/mol. The summed E-state index contributed by atoms with van der Waals surface area (Å²) in [5.74, 6) is 3.65. The first kappa shape index (κ1) is 16.4. The molecule has 1 aromatic rings. The number of aliphatic hydroxyl groups is 1. The molecular formula is C20H27NO2. The van der Waals surface area contributed by atoms with E-state index in [4.69, 9.17) is 11.2 Å². The average molecular weight is 313 g/mol. The van der Waals surface area contributed by atoms with E-state index in [0.717, 1.165) is 44.4 Å². The van der Waals surface area contributed by atoms with Crippen LogP contribution in [0.5, 0.6) is 5.75 Å². The molecule has 3 heteroatoms. The van der Waals surface area contributed by atoms with E-state index in [1.807, 2.05) is 12.1 Å². The second-order valence-corrected chi connectivity index (χ2v) is 7.17. The molecule has 1 N–H and O–H groups in total. The molecule has 1 aromatic carbocycles. The van der Waals surface area contributed by atoms with Gasteiger partial charge in [-0.2, -0.15) is 0 Å². The summed E-state index contributed by atoms with van der Waals surface area (Å²) in [5, 5.41) is 11.2. The van der Waals surface area contributed by atoms with Crippen LogP contribution in [0.15, 0.2) is 24.3 Å². The Balaban J connectivity index is 1.91. The number of hydrogen-bond acceptors (Lipinski definition) is 3. The van der Waals surface area contributed by atoms with Crippen LogP contribution in [-0.2, 0) is 6.42 Å². The molecule has 1 heterocycles. The van der Waals surface area contributed by atoms with Gasteiger partial charge >= 0.3 is 0 Å². The van der Waals surface area contributed by atoms with Gasteiger partial charge in [0.25, 0.3) is 0 Å². The highest BCUT2D eigenvalue weighted by atomic mass is 16.5. The molecule has 2 aliphatic rings. The predicted molar refractivity (Wildman–Crippen MR) is 92.4 cm³/mol. The normalized spacial score (nSPS) is 30.3. The van der Waals surface area contributed by atoms with Crippen LogP contribution in [0, 0.1) is 17.8 Å². The number of ether oxygens (including phenoxy) is 1. The Bertz CT molecular complexity index is 583. The quantitative estimate of drug-likeness (QED) is 0.871. The number of rotatable bonds is 3. The zero-order valence-electron chi connectivity index (χ0n) is 14.2. The highest BCUT2D eigenvalue weighted by Gasteiger charge is 2.58. The minimum Gasteiger partial charge on any atom is -0.497 e. The fraction of sp³-hybridized carbons (Fsp3) is 0.600. The van der Waals surface area contributed by atoms with Gasteiger partial charge < -0.3 is 14.7 Å². The first-order valence-electron chi connectivity index (χ1n) is 8.58. The number of terminal acetylenes is 1. The minimum absolute atomic E-state index is 0.172. The van der Waals surface area contributed by atoms with Crippen molar-refractivity contribution >= 4 is 0 Å². The molecule has 2 fully saturated rings. The van der Waals surface area contributed by atoms with Crippen molar-refractivity contribution < 1.29 is 9.84 Å². The number of hydrogen-bond donors (Lipinski definition) is 1. The van der Waals surface area contributed by atoms with E-state index in [0.29, 0.717) is 6.42 Å². The zero-order valence-corrected chi connectivity index (χ0v) is 14.2. The van der Waals surface area contributed by atoms with E-state index in [1.165, 1.54) is 5.56 Å². The van der Waals surface area contributed by atoms with Crippen molar-refractivity contribution in [2.24, 2.45) is 5.41 Å². The highest BCUT2D eigenvalue weighted by Crippen LogP contribution is 2.54. The summed E-state index contributed by atoms with van der Waals surface area (Å²) in [6, 6.07) is 8.55. The lowest BCUT2D eigenvalue weighted by Gasteiger charge is -2.55. The molecular weight excluding hydrogens is 286 g/mol. The van der Waals surface area contributed by atoms with Crippen LogP contribution in [0.3, 0.4) is 0 Å². The molecule has 2 unspecified atom stereocenters. The van der Waals surface area contributed by atoms with Crippen LogP contribution in [0.25, 0.3) is 0 Å². The first-order chi connectivity index (χ1) is 11.0. The van der Waals surface area contributed by atoms with Crippen molar-refractivity contribution in [3.8, 4) is 18.1 Å². The maximum absolute atomic E-state index is 11.2. The number of benzene rings is 1. The molecule has 1 saturated carbocycles. The van der Waals surface area contributed by atoms with Gasteiger partial charge in [-0.05, 0) is 44.0 Å². The molecule has 2 atom stereocenters. The Morgan fingerprint density at radius 3 is 2.48 bits per heavy atom. The van der Waals surface area contributed by atoms with E-state index in [9.17, 15) is 5.11 Å². The molecule has 1 aliphatic carbocycles. The van der Waals surface area contributed by atoms with Crippen molar-refractivity contribution in [2.45, 2.75) is 50.2 Å². The number of likely N-dealkylation sites (N-methyl/N-ethyl adjacent to an activating group) is 1. The summed E-state index contributed by atoms with van der Waals surface area (Å²) in [5.41, 5.74) is 0.136. The van der Waals surface area contributed by atoms with Crippen LogP contribution in [0.2, 0.25) is 0 Å². The molecule has 1 aliphatic heterocycles. The lowest BCUT2D eigenvalue weighted by atomic mass is 9.60. The summed E-state index contributed by atoms with van der Waals surface area (Å²) in [6.45, 7) is 0.850. The van der Waals surface area contributed by atoms with Crippen LogP contribution >= 0.6 is 0 Å². The standard InChI is InChI=1S/C20H27NO2/c1-4-20(22)13-14-21(2)18(19(20)11-5-6-12-19)15-16-7-9-17(23-3)10-8-16/h1,7-10,18,22H,5-6,11-15H2,2-3H3. The maximum Gasteiger partial charge on any atom is 0.133 e. The van der Waals surface area contributed by atoms with Gasteiger partial charge in [-0.3, -0.25) is 0 Å². The van der Waals surface area contributed by atoms with E-state index in [1.54, 1.807) is 7.11 Å². The number of methoxy groups -OCH3 is 1. The summed E-state index contributed by atoms with van der Waals surface area (Å²) in [6.07, 6.45) is 11.8. The van der Waals surface area contributed by atoms with E-state index in [-0.39, 0.29) is 11.5 Å². The molecule has 3 nitrogen and oxygen atoms in total. The molecule has 0 bridgehead atoms. The third-order valence-electron chi connectivity index (χ3n) is 6.14. The Hall–Kier alpha value is -1.50. The predicted octanol–water partition coefficient (Wildman–Crippen LogP) is 2.87. The fourth-order valence-corrected chi connectivity index (χ4v) is 4.75. The molecule has 0 amide bonds. The summed E-state index contributed by atoms with van der Waals surface area (Å²) in [7, 11) is 3.86. The van der Waals surface area contributed by atoms with Gasteiger partial charge in [-0.25, -0.2) is 0 Å². The largest absolute Gasteiger partial charge is 0.497 e. The number of piperidine rings is 1. The molecule has 0 aromatic heterocycles. The molecule has 0 radical (unpaired) electrons. The zero-order chi connectivity index (χ0) is 16.5. The van der Waals surface area contributed by atoms with Crippen LogP contribution in [0.1, 0.15) is 37.7 Å². The van der Waals surface area contributed by atoms with Crippen molar-refractivity contribution in [3.63, 3.8) is 0 Å². The van der Waals surface area contributed by atoms with Gasteiger partial charge in [-0.15, -0.1) is 6.42 Å². The lowest BCUT2D eigenvalue weighted by Crippen LogP contribution is -2.63. The first-order valence-corrected chi connectivity index (χ1v) is 8.58. The Kier molecular flexibility index (Phi) is 4.40. The minimum atomic E-state index is -0.965. The van der Waals surface area contributed by atoms with Gasteiger partial charge in [0.1, 0.15) is 11.4 Å². The third-order valence-corrected chi connectivity index (χ3v) is 6.14. The fourth-order valence-electron chi connectivity index (χ4n) is 4.75.